The first-order valence-electron chi connectivity index (χ1n) is 14.6. The second-order valence-electron chi connectivity index (χ2n) is 12.8. The van der Waals surface area contributed by atoms with Crippen molar-refractivity contribution in [2.75, 3.05) is 19.5 Å². The summed E-state index contributed by atoms with van der Waals surface area (Å²) in [5, 5.41) is 37.1. The predicted octanol–water partition coefficient (Wildman–Crippen LogP) is 3.51. The number of carbonyl (C=O) groups is 1. The number of non-ortho nitro benzene ring substituents is 1. The van der Waals surface area contributed by atoms with Crippen LogP contribution in [0.25, 0.3) is 11.1 Å². The van der Waals surface area contributed by atoms with Crippen molar-refractivity contribution in [1.82, 2.24) is 10.4 Å². The Hall–Kier alpha value is -3.25. The number of nitrogens with one attached hydrogen (secondary N) is 1. The van der Waals surface area contributed by atoms with E-state index in [1.165, 1.54) is 30.7 Å². The van der Waals surface area contributed by atoms with Gasteiger partial charge in [-0.05, 0) is 54.6 Å². The molecule has 2 bridgehead atoms. The summed E-state index contributed by atoms with van der Waals surface area (Å²) in [6.45, 7) is 8.18. The van der Waals surface area contributed by atoms with Crippen molar-refractivity contribution in [1.29, 1.82) is 0 Å². The minimum Gasteiger partial charge on any atom is -0.496 e. The fourth-order valence-electron chi connectivity index (χ4n) is 7.73. The van der Waals surface area contributed by atoms with Crippen LogP contribution >= 0.6 is 0 Å². The molecule has 1 saturated heterocycles. The highest BCUT2D eigenvalue weighted by Crippen LogP contribution is 2.61. The number of benzene rings is 2. The second kappa shape index (κ2) is 11.4. The van der Waals surface area contributed by atoms with Crippen LogP contribution < -0.4 is 15.8 Å². The van der Waals surface area contributed by atoms with Gasteiger partial charge in [0, 0.05) is 40.9 Å². The van der Waals surface area contributed by atoms with Crippen molar-refractivity contribution in [2.45, 2.75) is 71.4 Å². The third-order valence-corrected chi connectivity index (χ3v) is 10.2. The number of aliphatic hydroxyl groups is 2. The smallest absolute Gasteiger partial charge is 0.272 e. The number of nitrogens with zero attached hydrogens (tertiary/aromatic N) is 2. The maximum absolute atomic E-state index is 14.0. The number of aliphatic hydroxyl groups excluding tert-OH is 2. The molecule has 2 aromatic rings. The molecule has 1 heterocycles. The highest BCUT2D eigenvalue weighted by atomic mass is 16.7. The molecule has 2 aromatic carbocycles. The maximum Gasteiger partial charge on any atom is 0.272 e. The van der Waals surface area contributed by atoms with Crippen molar-refractivity contribution in [3.8, 4) is 16.9 Å². The normalized spacial score (nSPS) is 30.8. The molecule has 4 fully saturated rings. The van der Waals surface area contributed by atoms with Gasteiger partial charge in [0.1, 0.15) is 17.9 Å². The highest BCUT2D eigenvalue weighted by molar-refractivity contribution is 5.83. The van der Waals surface area contributed by atoms with Crippen LogP contribution in [0.3, 0.4) is 0 Å². The number of fused-ring (bicyclic) bond motifs is 2. The Balaban J connectivity index is 1.44. The van der Waals surface area contributed by atoms with Crippen molar-refractivity contribution in [3.05, 3.63) is 52.1 Å². The summed E-state index contributed by atoms with van der Waals surface area (Å²) in [6, 6.07) is 8.93. The molecule has 1 aliphatic heterocycles. The maximum atomic E-state index is 14.0. The number of rotatable bonds is 9. The lowest BCUT2D eigenvalue weighted by atomic mass is 9.45. The van der Waals surface area contributed by atoms with Crippen LogP contribution in [-0.2, 0) is 16.2 Å². The number of nitrogens with two attached hydrogens (primary N) is 1. The average Bonchev–Trinajstić information content (AvgIpc) is 3.31. The molecule has 0 radical (unpaired) electrons. The van der Waals surface area contributed by atoms with E-state index in [-0.39, 0.29) is 41.9 Å². The number of hydroxylamine groups is 2. The van der Waals surface area contributed by atoms with Gasteiger partial charge in [0.15, 0.2) is 0 Å². The summed E-state index contributed by atoms with van der Waals surface area (Å²) >= 11 is 0. The largest absolute Gasteiger partial charge is 0.496 e. The van der Waals surface area contributed by atoms with E-state index in [1.807, 2.05) is 6.07 Å². The molecule has 0 spiro atoms. The van der Waals surface area contributed by atoms with Gasteiger partial charge in [-0.1, -0.05) is 39.0 Å². The summed E-state index contributed by atoms with van der Waals surface area (Å²) in [7, 11) is 1.50. The third-order valence-electron chi connectivity index (χ3n) is 10.2. The lowest BCUT2D eigenvalue weighted by Gasteiger charge is -2.62. The van der Waals surface area contributed by atoms with E-state index in [0.29, 0.717) is 40.2 Å². The Morgan fingerprint density at radius 2 is 2.05 bits per heavy atom. The van der Waals surface area contributed by atoms with E-state index in [9.17, 15) is 25.1 Å². The molecule has 0 aromatic heterocycles. The van der Waals surface area contributed by atoms with Gasteiger partial charge < -0.3 is 26.0 Å². The Kier molecular flexibility index (Phi) is 8.23. The summed E-state index contributed by atoms with van der Waals surface area (Å²) in [6.07, 6.45) is 0.409. The fraction of sp³-hybridized carbons (Fsp3) is 0.581. The zero-order valence-electron chi connectivity index (χ0n) is 24.8. The molecular formula is C31H42N4O7. The van der Waals surface area contributed by atoms with Gasteiger partial charge in [0.25, 0.3) is 5.69 Å². The van der Waals surface area contributed by atoms with Crippen molar-refractivity contribution < 1.29 is 29.5 Å². The van der Waals surface area contributed by atoms with Gasteiger partial charge in [-0.3, -0.25) is 19.7 Å². The standard InChI is InChI=1S/C31H42N4O7/c1-16-24-11-20(31(24,3)4)12-25(16)33-30(38)28-27(17(2)37)26(15-36)42-34(28)14-18-7-6-8-23(29(18)41-5)19-9-21(32)13-22(10-19)35(39)40/h6-10,13,16-17,20,24-28,36-37H,11-12,14-15,32H2,1-5H3,(H,33,38)/t16-,17-,20+,24-,25-,26-,27-,28?/m0/s1. The van der Waals surface area contributed by atoms with Gasteiger partial charge in [-0.2, -0.15) is 5.06 Å². The number of methoxy groups -OCH3 is 1. The van der Waals surface area contributed by atoms with Crippen LogP contribution in [0.1, 0.15) is 46.1 Å². The van der Waals surface area contributed by atoms with E-state index in [2.05, 4.69) is 26.1 Å². The number of nitro benzene ring substituents is 1. The molecule has 1 amide bonds. The van der Waals surface area contributed by atoms with Crippen molar-refractivity contribution >= 4 is 17.3 Å². The molecule has 11 heteroatoms. The number of hydrogen-bond donors (Lipinski definition) is 4. The molecule has 3 saturated carbocycles. The van der Waals surface area contributed by atoms with Gasteiger partial charge in [-0.15, -0.1) is 0 Å². The topological polar surface area (TPSA) is 160 Å². The molecule has 42 heavy (non-hydrogen) atoms. The molecule has 4 aliphatic rings. The number of carbonyl (C=O) groups excluding carboxylic acids is 1. The molecule has 6 rings (SSSR count). The summed E-state index contributed by atoms with van der Waals surface area (Å²) < 4.78 is 5.78. The quantitative estimate of drug-likeness (QED) is 0.197. The van der Waals surface area contributed by atoms with Crippen molar-refractivity contribution in [2.24, 2.45) is 29.1 Å². The van der Waals surface area contributed by atoms with E-state index in [0.717, 1.165) is 6.42 Å². The summed E-state index contributed by atoms with van der Waals surface area (Å²) in [4.78, 5) is 31.0. The van der Waals surface area contributed by atoms with Gasteiger partial charge >= 0.3 is 0 Å². The third kappa shape index (κ3) is 5.23. The number of nitro groups is 1. The van der Waals surface area contributed by atoms with Crippen LogP contribution in [0, 0.1) is 39.2 Å². The number of ether oxygens (including phenoxy) is 1. The Labute approximate surface area is 246 Å². The lowest BCUT2D eigenvalue weighted by Crippen LogP contribution is -2.62. The number of hydrogen-bond acceptors (Lipinski definition) is 9. The molecule has 5 N–H and O–H groups in total. The molecule has 11 nitrogen and oxygen atoms in total. The Bertz CT molecular complexity index is 1350. The Morgan fingerprint density at radius 3 is 2.64 bits per heavy atom. The van der Waals surface area contributed by atoms with E-state index in [1.54, 1.807) is 25.1 Å². The van der Waals surface area contributed by atoms with E-state index >= 15 is 0 Å². The lowest BCUT2D eigenvalue weighted by molar-refractivity contribution is -0.384. The number of amides is 1. The summed E-state index contributed by atoms with van der Waals surface area (Å²) in [5.41, 5.74) is 8.12. The first kappa shape index (κ1) is 30.2. The number of para-hydroxylation sites is 1. The molecular weight excluding hydrogens is 540 g/mol. The van der Waals surface area contributed by atoms with Crippen LogP contribution in [0.5, 0.6) is 5.75 Å². The molecule has 3 aliphatic carbocycles. The highest BCUT2D eigenvalue weighted by Gasteiger charge is 2.57. The molecule has 8 atom stereocenters. The van der Waals surface area contributed by atoms with Gasteiger partial charge in [0.05, 0.1) is 31.3 Å². The second-order valence-corrected chi connectivity index (χ2v) is 12.8. The van der Waals surface area contributed by atoms with Crippen LogP contribution in [0.2, 0.25) is 0 Å². The molecule has 228 valence electrons. The fourth-order valence-corrected chi connectivity index (χ4v) is 7.73. The SMILES string of the molecule is COc1c(CN2O[C@@H](CO)[C@H]([C@H](C)O)C2C(=O)N[C@H]2C[C@H]3C[C@@H]([C@@H]2C)C3(C)C)cccc1-c1cc(N)cc([N+](=O)[O-])c1. The Morgan fingerprint density at radius 1 is 1.31 bits per heavy atom. The summed E-state index contributed by atoms with van der Waals surface area (Å²) in [5.74, 6) is 0.976. The van der Waals surface area contributed by atoms with Crippen LogP contribution in [-0.4, -0.2) is 64.1 Å². The van der Waals surface area contributed by atoms with E-state index < -0.39 is 29.1 Å². The van der Waals surface area contributed by atoms with Gasteiger partial charge in [0.2, 0.25) is 5.91 Å². The van der Waals surface area contributed by atoms with Crippen LogP contribution in [0.4, 0.5) is 11.4 Å². The minimum absolute atomic E-state index is 0.0242. The first-order valence-corrected chi connectivity index (χ1v) is 14.6. The zero-order chi connectivity index (χ0) is 30.5. The number of anilines is 1. The average molecular weight is 583 g/mol. The minimum atomic E-state index is -0.917. The van der Waals surface area contributed by atoms with Gasteiger partial charge in [-0.25, -0.2) is 0 Å². The number of nitrogen functional groups attached to an aromatic ring is 1. The molecule has 1 unspecified atom stereocenters. The first-order chi connectivity index (χ1) is 19.9. The van der Waals surface area contributed by atoms with E-state index in [4.69, 9.17) is 15.3 Å². The predicted molar refractivity (Wildman–Crippen MR) is 157 cm³/mol. The zero-order valence-corrected chi connectivity index (χ0v) is 24.8. The van der Waals surface area contributed by atoms with Crippen molar-refractivity contribution in [3.63, 3.8) is 0 Å². The monoisotopic (exact) mass is 582 g/mol. The van der Waals surface area contributed by atoms with Crippen LogP contribution in [0.15, 0.2) is 36.4 Å².